The fourth-order valence-corrected chi connectivity index (χ4v) is 11.1. The molecular formula is C24H43N5O5Si2. The van der Waals surface area contributed by atoms with E-state index in [1.807, 2.05) is 4.57 Å². The molecular weight excluding hydrogens is 494 g/mol. The number of anilines is 1. The first kappa shape index (κ1) is 27.5. The topological polar surface area (TPSA) is 116 Å². The van der Waals surface area contributed by atoms with Gasteiger partial charge in [0.05, 0.1) is 19.5 Å². The van der Waals surface area contributed by atoms with Crippen LogP contribution in [0.15, 0.2) is 6.33 Å². The molecule has 0 aliphatic carbocycles. The second-order valence-corrected chi connectivity index (χ2v) is 23.5. The van der Waals surface area contributed by atoms with Crippen molar-refractivity contribution >= 4 is 33.7 Å². The second kappa shape index (κ2) is 9.31. The Hall–Kier alpha value is -1.58. The minimum absolute atomic E-state index is 0.128. The summed E-state index contributed by atoms with van der Waals surface area (Å²) in [5, 5.41) is -0.281. The van der Waals surface area contributed by atoms with Crippen molar-refractivity contribution < 1.29 is 23.1 Å². The monoisotopic (exact) mass is 537 g/mol. The van der Waals surface area contributed by atoms with Crippen LogP contribution in [0.4, 0.5) is 5.95 Å². The van der Waals surface area contributed by atoms with Gasteiger partial charge in [0.2, 0.25) is 11.8 Å². The van der Waals surface area contributed by atoms with E-state index in [2.05, 4.69) is 76.1 Å². The molecule has 202 valence electrons. The molecule has 0 unspecified atom stereocenters. The summed E-state index contributed by atoms with van der Waals surface area (Å²) in [4.78, 5) is 13.4. The minimum Gasteiger partial charge on any atom is -0.476 e. The SMILES string of the molecule is CO[C@@H]1[C@@H]2O[Si](C(C)(C)C)(C(C)(C)C)OC[C@H]2O[C@H]1n1cnc2c(OCC[Si](C)(C)C)nc(N)nc21. The molecule has 0 bridgehead atoms. The minimum atomic E-state index is -2.69. The summed E-state index contributed by atoms with van der Waals surface area (Å²) in [6.45, 7) is 21.1. The van der Waals surface area contributed by atoms with E-state index in [1.165, 1.54) is 0 Å². The highest BCUT2D eigenvalue weighted by molar-refractivity contribution is 6.76. The molecule has 36 heavy (non-hydrogen) atoms. The number of nitrogens with zero attached hydrogens (tertiary/aromatic N) is 4. The van der Waals surface area contributed by atoms with Gasteiger partial charge in [0.25, 0.3) is 0 Å². The lowest BCUT2D eigenvalue weighted by Gasteiger charge is -2.53. The van der Waals surface area contributed by atoms with Gasteiger partial charge in [0.15, 0.2) is 17.4 Å². The second-order valence-electron chi connectivity index (χ2n) is 13.1. The molecule has 4 rings (SSSR count). The zero-order valence-corrected chi connectivity index (χ0v) is 25.4. The first-order chi connectivity index (χ1) is 16.6. The molecule has 10 nitrogen and oxygen atoms in total. The fraction of sp³-hybridized carbons (Fsp3) is 0.792. The number of rotatable bonds is 6. The maximum atomic E-state index is 6.96. The van der Waals surface area contributed by atoms with Crippen LogP contribution < -0.4 is 10.5 Å². The predicted octanol–water partition coefficient (Wildman–Crippen LogP) is 4.50. The first-order valence-electron chi connectivity index (χ1n) is 12.7. The molecule has 2 aromatic rings. The van der Waals surface area contributed by atoms with Gasteiger partial charge in [-0.05, 0) is 6.04 Å². The summed E-state index contributed by atoms with van der Waals surface area (Å²) in [5.74, 6) is 0.522. The van der Waals surface area contributed by atoms with Crippen LogP contribution in [-0.2, 0) is 18.3 Å². The number of nitrogen functional groups attached to an aromatic ring is 1. The highest BCUT2D eigenvalue weighted by atomic mass is 28.4. The highest BCUT2D eigenvalue weighted by Crippen LogP contribution is 2.56. The average molecular weight is 538 g/mol. The number of hydrogen-bond acceptors (Lipinski definition) is 9. The Kier molecular flexibility index (Phi) is 7.10. The van der Waals surface area contributed by atoms with Crippen LogP contribution in [0, 0.1) is 0 Å². The van der Waals surface area contributed by atoms with Crippen LogP contribution in [0.3, 0.4) is 0 Å². The molecule has 12 heteroatoms. The van der Waals surface area contributed by atoms with Gasteiger partial charge in [-0.25, -0.2) is 4.98 Å². The Morgan fingerprint density at radius 3 is 2.39 bits per heavy atom. The molecule has 4 heterocycles. The van der Waals surface area contributed by atoms with Gasteiger partial charge >= 0.3 is 8.56 Å². The summed E-state index contributed by atoms with van der Waals surface area (Å²) in [6, 6.07) is 1.00. The Balaban J connectivity index is 1.66. The van der Waals surface area contributed by atoms with Crippen molar-refractivity contribution in [1.29, 1.82) is 0 Å². The molecule has 0 amide bonds. The standard InChI is InChI=1S/C24H43N5O5Si2/c1-23(2,3)36(24(4,5)6)32-13-15-17(34-36)18(30-7)21(33-15)29-14-26-16-19(29)27-22(25)28-20(16)31-11-12-35(8,9)10/h14-15,17-18,21H,11-13H2,1-10H3,(H2,25,27,28)/t15-,17-,18-,21-/m1/s1. The van der Waals surface area contributed by atoms with Crippen molar-refractivity contribution in [2.75, 3.05) is 26.1 Å². The Labute approximate surface area is 216 Å². The quantitative estimate of drug-likeness (QED) is 0.532. The molecule has 2 aliphatic heterocycles. The summed E-state index contributed by atoms with van der Waals surface area (Å²) in [7, 11) is -2.27. The molecule has 2 aliphatic rings. The van der Waals surface area contributed by atoms with Crippen LogP contribution in [0.25, 0.3) is 11.2 Å². The smallest absolute Gasteiger partial charge is 0.349 e. The summed E-state index contributed by atoms with van der Waals surface area (Å²) in [5.41, 5.74) is 7.18. The zero-order chi connectivity index (χ0) is 26.7. The van der Waals surface area contributed by atoms with Crippen molar-refractivity contribution in [2.24, 2.45) is 0 Å². The molecule has 2 aromatic heterocycles. The number of nitrogens with two attached hydrogens (primary N) is 1. The van der Waals surface area contributed by atoms with Gasteiger partial charge in [0.1, 0.15) is 18.3 Å². The van der Waals surface area contributed by atoms with E-state index in [-0.39, 0.29) is 34.3 Å². The van der Waals surface area contributed by atoms with Gasteiger partial charge in [-0.15, -0.1) is 0 Å². The van der Waals surface area contributed by atoms with E-state index >= 15 is 0 Å². The first-order valence-corrected chi connectivity index (χ1v) is 18.2. The van der Waals surface area contributed by atoms with Crippen molar-refractivity contribution in [3.63, 3.8) is 0 Å². The molecule has 2 N–H and O–H groups in total. The Morgan fingerprint density at radius 2 is 1.81 bits per heavy atom. The molecule has 0 saturated carbocycles. The fourth-order valence-electron chi connectivity index (χ4n) is 5.44. The van der Waals surface area contributed by atoms with Crippen LogP contribution in [0.5, 0.6) is 5.88 Å². The van der Waals surface area contributed by atoms with Gasteiger partial charge < -0.3 is 28.8 Å². The third kappa shape index (κ3) is 4.83. The molecule has 0 spiro atoms. The van der Waals surface area contributed by atoms with Crippen molar-refractivity contribution in [2.45, 2.75) is 102 Å². The molecule has 4 atom stereocenters. The third-order valence-electron chi connectivity index (χ3n) is 7.06. The molecule has 0 aromatic carbocycles. The van der Waals surface area contributed by atoms with E-state index in [0.29, 0.717) is 30.3 Å². The molecule has 2 saturated heterocycles. The average Bonchev–Trinajstić information content (AvgIpc) is 3.31. The lowest BCUT2D eigenvalue weighted by atomic mass is 10.1. The Bertz CT molecular complexity index is 1080. The number of ether oxygens (including phenoxy) is 3. The van der Waals surface area contributed by atoms with E-state index < -0.39 is 22.9 Å². The highest BCUT2D eigenvalue weighted by Gasteiger charge is 2.65. The van der Waals surface area contributed by atoms with E-state index in [4.69, 9.17) is 28.8 Å². The van der Waals surface area contributed by atoms with Crippen LogP contribution >= 0.6 is 0 Å². The molecule has 0 radical (unpaired) electrons. The van der Waals surface area contributed by atoms with Crippen molar-refractivity contribution in [3.05, 3.63) is 6.33 Å². The number of fused-ring (bicyclic) bond motifs is 2. The van der Waals surface area contributed by atoms with Gasteiger partial charge in [-0.1, -0.05) is 61.2 Å². The van der Waals surface area contributed by atoms with Gasteiger partial charge in [-0.3, -0.25) is 4.57 Å². The maximum absolute atomic E-state index is 6.96. The van der Waals surface area contributed by atoms with Gasteiger partial charge in [0, 0.05) is 25.3 Å². The van der Waals surface area contributed by atoms with Crippen molar-refractivity contribution in [1.82, 2.24) is 19.5 Å². The number of methoxy groups -OCH3 is 1. The predicted molar refractivity (Wildman–Crippen MR) is 144 cm³/mol. The van der Waals surface area contributed by atoms with E-state index in [1.54, 1.807) is 13.4 Å². The summed E-state index contributed by atoms with van der Waals surface area (Å²) in [6.07, 6.45) is 0.266. The van der Waals surface area contributed by atoms with Crippen LogP contribution in [0.2, 0.25) is 35.8 Å². The van der Waals surface area contributed by atoms with Crippen LogP contribution in [-0.4, -0.2) is 74.8 Å². The van der Waals surface area contributed by atoms with E-state index in [0.717, 1.165) is 6.04 Å². The number of hydrogen-bond donors (Lipinski definition) is 1. The molecule has 2 fully saturated rings. The maximum Gasteiger partial charge on any atom is 0.349 e. The van der Waals surface area contributed by atoms with Crippen LogP contribution in [0.1, 0.15) is 47.8 Å². The van der Waals surface area contributed by atoms with Gasteiger partial charge in [-0.2, -0.15) is 9.97 Å². The summed E-state index contributed by atoms with van der Waals surface area (Å²) < 4.78 is 33.9. The Morgan fingerprint density at radius 1 is 1.14 bits per heavy atom. The van der Waals surface area contributed by atoms with Crippen molar-refractivity contribution in [3.8, 4) is 5.88 Å². The number of imidazole rings is 1. The lowest BCUT2D eigenvalue weighted by Crippen LogP contribution is -2.65. The van der Waals surface area contributed by atoms with E-state index in [9.17, 15) is 0 Å². The lowest BCUT2D eigenvalue weighted by molar-refractivity contribution is -0.0797. The summed E-state index contributed by atoms with van der Waals surface area (Å²) >= 11 is 0. The zero-order valence-electron chi connectivity index (χ0n) is 23.4. The normalized spacial score (nSPS) is 26.8. The largest absolute Gasteiger partial charge is 0.476 e. The number of aromatic nitrogens is 4. The third-order valence-corrected chi connectivity index (χ3v) is 13.9.